The largest absolute Gasteiger partial charge is 0.382 e. The normalized spacial score (nSPS) is 29.6. The van der Waals surface area contributed by atoms with Gasteiger partial charge in [-0.15, -0.1) is 0 Å². The highest BCUT2D eigenvalue weighted by Crippen LogP contribution is 2.30. The number of nitrogens with one attached hydrogen (secondary N) is 2. The van der Waals surface area contributed by atoms with E-state index in [2.05, 4.69) is 20.2 Å². The molecule has 4 N–H and O–H groups in total. The molecule has 1 aromatic heterocycles. The molecule has 1 aromatic rings. The minimum absolute atomic E-state index is 0.521. The molecule has 5 nitrogen and oxygen atoms in total. The third-order valence-corrected chi connectivity index (χ3v) is 3.78. The Morgan fingerprint density at radius 1 is 1.44 bits per heavy atom. The van der Waals surface area contributed by atoms with E-state index in [1.807, 2.05) is 6.92 Å². The van der Waals surface area contributed by atoms with E-state index in [9.17, 15) is 0 Å². The zero-order chi connectivity index (χ0) is 11.1. The molecular weight excluding hydrogens is 202 g/mol. The lowest BCUT2D eigenvalue weighted by Gasteiger charge is -2.21. The van der Waals surface area contributed by atoms with E-state index in [1.54, 1.807) is 0 Å². The van der Waals surface area contributed by atoms with E-state index < -0.39 is 0 Å². The van der Waals surface area contributed by atoms with Gasteiger partial charge in [-0.1, -0.05) is 0 Å². The molecule has 0 spiro atoms. The van der Waals surface area contributed by atoms with Crippen molar-refractivity contribution in [2.75, 3.05) is 24.1 Å². The molecule has 2 unspecified atom stereocenters. The summed E-state index contributed by atoms with van der Waals surface area (Å²) in [5.74, 6) is 2.37. The minimum Gasteiger partial charge on any atom is -0.382 e. The van der Waals surface area contributed by atoms with Gasteiger partial charge in [-0.2, -0.15) is 0 Å². The van der Waals surface area contributed by atoms with Gasteiger partial charge in [0, 0.05) is 18.6 Å². The first-order chi connectivity index (χ1) is 7.74. The van der Waals surface area contributed by atoms with E-state index in [4.69, 9.17) is 5.73 Å². The molecule has 2 fully saturated rings. The number of fused-ring (bicyclic) bond motifs is 1. The molecule has 0 bridgehead atoms. The molecule has 5 heteroatoms. The van der Waals surface area contributed by atoms with Crippen molar-refractivity contribution in [1.29, 1.82) is 0 Å². The van der Waals surface area contributed by atoms with Crippen LogP contribution >= 0.6 is 0 Å². The summed E-state index contributed by atoms with van der Waals surface area (Å²) in [4.78, 5) is 9.99. The molecule has 0 saturated carbocycles. The van der Waals surface area contributed by atoms with Crippen LogP contribution in [0.3, 0.4) is 0 Å². The Labute approximate surface area is 95.4 Å². The van der Waals surface area contributed by atoms with Crippen molar-refractivity contribution in [1.82, 2.24) is 14.9 Å². The van der Waals surface area contributed by atoms with Crippen molar-refractivity contribution < 1.29 is 0 Å². The van der Waals surface area contributed by atoms with Crippen LogP contribution in [-0.4, -0.2) is 40.0 Å². The fourth-order valence-corrected chi connectivity index (χ4v) is 3.05. The third-order valence-electron chi connectivity index (χ3n) is 3.78. The summed E-state index contributed by atoms with van der Waals surface area (Å²) in [6, 6.07) is 1.21. The molecule has 3 rings (SSSR count). The number of H-pyrrole nitrogens is 1. The highest BCUT2D eigenvalue weighted by molar-refractivity contribution is 5.57. The molecule has 2 atom stereocenters. The lowest BCUT2D eigenvalue weighted by Crippen LogP contribution is -2.34. The summed E-state index contributed by atoms with van der Waals surface area (Å²) >= 11 is 0. The van der Waals surface area contributed by atoms with E-state index in [-0.39, 0.29) is 0 Å². The predicted molar refractivity (Wildman–Crippen MR) is 64.4 cm³/mol. The van der Waals surface area contributed by atoms with Crippen LogP contribution in [0.15, 0.2) is 0 Å². The molecule has 0 aromatic carbocycles. The molecule has 0 aliphatic carbocycles. The van der Waals surface area contributed by atoms with Gasteiger partial charge in [-0.25, -0.2) is 4.98 Å². The summed E-state index contributed by atoms with van der Waals surface area (Å²) in [5.41, 5.74) is 5.86. The van der Waals surface area contributed by atoms with Crippen LogP contribution < -0.4 is 11.1 Å². The Bertz CT molecular complexity index is 386. The first-order valence-electron chi connectivity index (χ1n) is 6.07. The van der Waals surface area contributed by atoms with E-state index in [0.717, 1.165) is 11.6 Å². The number of hydrogen-bond acceptors (Lipinski definition) is 4. The lowest BCUT2D eigenvalue weighted by atomic mass is 10.1. The number of nitrogens with two attached hydrogens (primary N) is 1. The topological polar surface area (TPSA) is 70.0 Å². The van der Waals surface area contributed by atoms with Gasteiger partial charge in [0.05, 0.1) is 0 Å². The van der Waals surface area contributed by atoms with E-state index in [1.165, 1.54) is 32.4 Å². The van der Waals surface area contributed by atoms with Crippen molar-refractivity contribution >= 4 is 11.6 Å². The summed E-state index contributed by atoms with van der Waals surface area (Å²) in [6.07, 6.45) is 3.84. The summed E-state index contributed by atoms with van der Waals surface area (Å²) < 4.78 is 0. The van der Waals surface area contributed by atoms with Crippen molar-refractivity contribution in [3.8, 4) is 0 Å². The first-order valence-corrected chi connectivity index (χ1v) is 6.07. The van der Waals surface area contributed by atoms with Gasteiger partial charge in [0.1, 0.15) is 11.6 Å². The SMILES string of the molecule is Cc1nc(NC2CCN3CCCC23)c(N)[nH]1. The molecular formula is C11H19N5. The van der Waals surface area contributed by atoms with Gasteiger partial charge in [0.15, 0.2) is 5.82 Å². The van der Waals surface area contributed by atoms with Crippen LogP contribution in [0.4, 0.5) is 11.6 Å². The summed E-state index contributed by atoms with van der Waals surface area (Å²) in [5, 5.41) is 3.49. The van der Waals surface area contributed by atoms with Gasteiger partial charge >= 0.3 is 0 Å². The Morgan fingerprint density at radius 3 is 3.06 bits per heavy atom. The van der Waals surface area contributed by atoms with E-state index >= 15 is 0 Å². The van der Waals surface area contributed by atoms with Crippen molar-refractivity contribution in [2.45, 2.75) is 38.3 Å². The van der Waals surface area contributed by atoms with Crippen LogP contribution in [0.5, 0.6) is 0 Å². The number of aromatic amines is 1. The Balaban J connectivity index is 1.73. The van der Waals surface area contributed by atoms with Crippen LogP contribution in [0, 0.1) is 6.92 Å². The summed E-state index contributed by atoms with van der Waals surface area (Å²) in [6.45, 7) is 4.40. The zero-order valence-electron chi connectivity index (χ0n) is 9.66. The highest BCUT2D eigenvalue weighted by atomic mass is 15.3. The number of aromatic nitrogens is 2. The predicted octanol–water partition coefficient (Wildman–Crippen LogP) is 0.949. The molecule has 0 radical (unpaired) electrons. The van der Waals surface area contributed by atoms with Crippen molar-refractivity contribution in [3.05, 3.63) is 5.82 Å². The second kappa shape index (κ2) is 3.66. The molecule has 2 aliphatic rings. The molecule has 2 saturated heterocycles. The quantitative estimate of drug-likeness (QED) is 0.695. The molecule has 0 amide bonds. The zero-order valence-corrected chi connectivity index (χ0v) is 9.66. The summed E-state index contributed by atoms with van der Waals surface area (Å²) in [7, 11) is 0. The maximum Gasteiger partial charge on any atom is 0.169 e. The maximum absolute atomic E-state index is 5.86. The fraction of sp³-hybridized carbons (Fsp3) is 0.727. The van der Waals surface area contributed by atoms with Crippen LogP contribution in [0.25, 0.3) is 0 Å². The Hall–Kier alpha value is -1.23. The van der Waals surface area contributed by atoms with Crippen LogP contribution in [-0.2, 0) is 0 Å². The van der Waals surface area contributed by atoms with Crippen LogP contribution in [0.1, 0.15) is 25.1 Å². The maximum atomic E-state index is 5.86. The third kappa shape index (κ3) is 1.55. The van der Waals surface area contributed by atoms with Crippen LogP contribution in [0.2, 0.25) is 0 Å². The average Bonchev–Trinajstić information content (AvgIpc) is 2.86. The standard InChI is InChI=1S/C11H19N5/c1-7-13-10(12)11(14-7)15-8-4-6-16-5-2-3-9(8)16/h8-9,15H,2-6,12H2,1H3,(H,13,14). The molecule has 88 valence electrons. The number of anilines is 2. The number of imidazole rings is 1. The average molecular weight is 221 g/mol. The van der Waals surface area contributed by atoms with Crippen molar-refractivity contribution in [2.24, 2.45) is 0 Å². The Morgan fingerprint density at radius 2 is 2.31 bits per heavy atom. The van der Waals surface area contributed by atoms with Gasteiger partial charge in [0.2, 0.25) is 0 Å². The second-order valence-corrected chi connectivity index (χ2v) is 4.87. The van der Waals surface area contributed by atoms with Gasteiger partial charge in [-0.3, -0.25) is 4.90 Å². The number of aryl methyl sites for hydroxylation is 1. The minimum atomic E-state index is 0.521. The Kier molecular flexibility index (Phi) is 2.28. The molecule has 3 heterocycles. The first kappa shape index (κ1) is 9.96. The smallest absolute Gasteiger partial charge is 0.169 e. The van der Waals surface area contributed by atoms with Gasteiger partial charge < -0.3 is 16.0 Å². The van der Waals surface area contributed by atoms with Gasteiger partial charge in [0.25, 0.3) is 0 Å². The van der Waals surface area contributed by atoms with Gasteiger partial charge in [-0.05, 0) is 32.7 Å². The number of rotatable bonds is 2. The number of hydrogen-bond donors (Lipinski definition) is 3. The molecule has 2 aliphatic heterocycles. The number of nitrogens with zero attached hydrogens (tertiary/aromatic N) is 2. The van der Waals surface area contributed by atoms with Crippen molar-refractivity contribution in [3.63, 3.8) is 0 Å². The van der Waals surface area contributed by atoms with E-state index in [0.29, 0.717) is 17.9 Å². The second-order valence-electron chi connectivity index (χ2n) is 4.87. The fourth-order valence-electron chi connectivity index (χ4n) is 3.05. The lowest BCUT2D eigenvalue weighted by molar-refractivity contribution is 0.318. The monoisotopic (exact) mass is 221 g/mol. The molecule has 16 heavy (non-hydrogen) atoms. The highest BCUT2D eigenvalue weighted by Gasteiger charge is 2.37. The number of nitrogen functional groups attached to an aromatic ring is 1.